The average molecular weight is 285 g/mol. The molecule has 0 aromatic heterocycles. The lowest BCUT2D eigenvalue weighted by atomic mass is 9.95. The second kappa shape index (κ2) is 6.41. The first-order valence-corrected chi connectivity index (χ1v) is 6.74. The second-order valence-corrected chi connectivity index (χ2v) is 4.98. The molecule has 0 heterocycles. The minimum absolute atomic E-state index is 0.0977. The zero-order valence-electron chi connectivity index (χ0n) is 12.2. The van der Waals surface area contributed by atoms with Crippen LogP contribution in [0.1, 0.15) is 23.6 Å². The molecule has 2 rings (SSSR count). The summed E-state index contributed by atoms with van der Waals surface area (Å²) in [6, 6.07) is 13.0. The summed E-state index contributed by atoms with van der Waals surface area (Å²) in [4.78, 5) is 10.8. The van der Waals surface area contributed by atoms with Gasteiger partial charge in [0.25, 0.3) is 0 Å². The first kappa shape index (κ1) is 15.1. The smallest absolute Gasteiger partial charge is 0.305 e. The van der Waals surface area contributed by atoms with Gasteiger partial charge < -0.3 is 15.6 Å². The van der Waals surface area contributed by atoms with Crippen LogP contribution < -0.4 is 10.5 Å². The lowest BCUT2D eigenvalue weighted by Gasteiger charge is -2.15. The van der Waals surface area contributed by atoms with Crippen LogP contribution in [0.2, 0.25) is 0 Å². The van der Waals surface area contributed by atoms with Crippen molar-refractivity contribution in [1.82, 2.24) is 0 Å². The van der Waals surface area contributed by atoms with Crippen molar-refractivity contribution >= 4 is 5.97 Å². The molecule has 110 valence electrons. The molecule has 0 aliphatic heterocycles. The highest BCUT2D eigenvalue weighted by atomic mass is 16.5. The maximum atomic E-state index is 10.8. The number of aryl methyl sites for hydroxylation is 1. The highest BCUT2D eigenvalue weighted by molar-refractivity contribution is 5.74. The molecule has 1 atom stereocenters. The Bertz CT molecular complexity index is 652. The van der Waals surface area contributed by atoms with Gasteiger partial charge in [0.15, 0.2) is 0 Å². The zero-order valence-corrected chi connectivity index (χ0v) is 12.2. The normalized spacial score (nSPS) is 12.0. The van der Waals surface area contributed by atoms with Crippen molar-refractivity contribution in [2.75, 3.05) is 7.11 Å². The molecule has 2 aromatic rings. The number of methoxy groups -OCH3 is 1. The molecular formula is C17H19NO3. The van der Waals surface area contributed by atoms with E-state index in [-0.39, 0.29) is 6.42 Å². The van der Waals surface area contributed by atoms with Crippen molar-refractivity contribution in [3.63, 3.8) is 0 Å². The molecule has 3 N–H and O–H groups in total. The fraction of sp³-hybridized carbons (Fsp3) is 0.235. The van der Waals surface area contributed by atoms with Crippen LogP contribution >= 0.6 is 0 Å². The number of benzene rings is 2. The number of carbonyl (C=O) groups is 1. The molecule has 0 saturated heterocycles. The summed E-state index contributed by atoms with van der Waals surface area (Å²) in [6.07, 6.45) is -0.0977. The van der Waals surface area contributed by atoms with E-state index in [4.69, 9.17) is 15.6 Å². The van der Waals surface area contributed by atoms with Gasteiger partial charge in [-0.3, -0.25) is 4.79 Å². The number of hydrogen-bond acceptors (Lipinski definition) is 3. The van der Waals surface area contributed by atoms with Gasteiger partial charge in [-0.25, -0.2) is 0 Å². The number of ether oxygens (including phenoxy) is 1. The van der Waals surface area contributed by atoms with Gasteiger partial charge in [-0.15, -0.1) is 0 Å². The van der Waals surface area contributed by atoms with Crippen LogP contribution in [0.15, 0.2) is 42.5 Å². The number of hydrogen-bond donors (Lipinski definition) is 2. The largest absolute Gasteiger partial charge is 0.496 e. The molecule has 0 bridgehead atoms. The summed E-state index contributed by atoms with van der Waals surface area (Å²) < 4.78 is 5.41. The number of carboxylic acids is 1. The van der Waals surface area contributed by atoms with Crippen molar-refractivity contribution in [2.24, 2.45) is 5.73 Å². The summed E-state index contributed by atoms with van der Waals surface area (Å²) in [5.74, 6) is -0.161. The maximum absolute atomic E-state index is 10.8. The molecular weight excluding hydrogens is 266 g/mol. The van der Waals surface area contributed by atoms with Crippen LogP contribution in [0.3, 0.4) is 0 Å². The quantitative estimate of drug-likeness (QED) is 0.885. The highest BCUT2D eigenvalue weighted by Crippen LogP contribution is 2.34. The third-order valence-electron chi connectivity index (χ3n) is 3.48. The van der Waals surface area contributed by atoms with Crippen LogP contribution in [0.25, 0.3) is 11.1 Å². The molecule has 0 radical (unpaired) electrons. The zero-order chi connectivity index (χ0) is 15.4. The van der Waals surface area contributed by atoms with Crippen LogP contribution in [-0.4, -0.2) is 18.2 Å². The Labute approximate surface area is 124 Å². The van der Waals surface area contributed by atoms with E-state index in [9.17, 15) is 4.79 Å². The lowest BCUT2D eigenvalue weighted by molar-refractivity contribution is -0.137. The third-order valence-corrected chi connectivity index (χ3v) is 3.48. The van der Waals surface area contributed by atoms with E-state index < -0.39 is 12.0 Å². The topological polar surface area (TPSA) is 72.5 Å². The molecule has 0 aliphatic carbocycles. The molecule has 4 nitrogen and oxygen atoms in total. The van der Waals surface area contributed by atoms with Crippen LogP contribution in [0.5, 0.6) is 5.75 Å². The van der Waals surface area contributed by atoms with Crippen LogP contribution in [0.4, 0.5) is 0 Å². The van der Waals surface area contributed by atoms with Crippen molar-refractivity contribution < 1.29 is 14.6 Å². The van der Waals surface area contributed by atoms with Crippen molar-refractivity contribution in [3.05, 3.63) is 53.6 Å². The standard InChI is InChI=1S/C17H19NO3/c1-11-5-3-4-6-13(11)14-9-12(7-8-16(14)21-2)15(18)10-17(19)20/h3-9,15H,10,18H2,1-2H3,(H,19,20). The SMILES string of the molecule is COc1ccc(C(N)CC(=O)O)cc1-c1ccccc1C. The Balaban J connectivity index is 2.49. The van der Waals surface area contributed by atoms with E-state index in [1.807, 2.05) is 49.4 Å². The second-order valence-electron chi connectivity index (χ2n) is 4.98. The van der Waals surface area contributed by atoms with Gasteiger partial charge in [0.05, 0.1) is 13.5 Å². The monoisotopic (exact) mass is 285 g/mol. The molecule has 4 heteroatoms. The lowest BCUT2D eigenvalue weighted by Crippen LogP contribution is -2.15. The molecule has 0 amide bonds. The van der Waals surface area contributed by atoms with Crippen LogP contribution in [-0.2, 0) is 4.79 Å². The number of rotatable bonds is 5. The molecule has 0 saturated carbocycles. The van der Waals surface area contributed by atoms with Gasteiger partial charge in [-0.1, -0.05) is 30.3 Å². The Morgan fingerprint density at radius 3 is 2.57 bits per heavy atom. The minimum atomic E-state index is -0.907. The summed E-state index contributed by atoms with van der Waals surface area (Å²) in [7, 11) is 1.62. The van der Waals surface area contributed by atoms with Gasteiger partial charge in [-0.05, 0) is 35.7 Å². The van der Waals surface area contributed by atoms with Crippen molar-refractivity contribution in [1.29, 1.82) is 0 Å². The maximum Gasteiger partial charge on any atom is 0.305 e. The number of aliphatic carboxylic acids is 1. The van der Waals surface area contributed by atoms with E-state index in [1.165, 1.54) is 0 Å². The summed E-state index contributed by atoms with van der Waals surface area (Å²) >= 11 is 0. The molecule has 21 heavy (non-hydrogen) atoms. The van der Waals surface area contributed by atoms with Gasteiger partial charge in [0.2, 0.25) is 0 Å². The van der Waals surface area contributed by atoms with E-state index in [0.29, 0.717) is 0 Å². The summed E-state index contributed by atoms with van der Waals surface area (Å²) in [6.45, 7) is 2.03. The fourth-order valence-electron chi connectivity index (χ4n) is 2.35. The molecule has 0 spiro atoms. The van der Waals surface area contributed by atoms with Gasteiger partial charge in [0, 0.05) is 11.6 Å². The fourth-order valence-corrected chi connectivity index (χ4v) is 2.35. The minimum Gasteiger partial charge on any atom is -0.496 e. The first-order valence-electron chi connectivity index (χ1n) is 6.74. The molecule has 2 aromatic carbocycles. The summed E-state index contributed by atoms with van der Waals surface area (Å²) in [5, 5.41) is 8.87. The predicted octanol–water partition coefficient (Wildman–Crippen LogP) is 3.15. The summed E-state index contributed by atoms with van der Waals surface area (Å²) in [5.41, 5.74) is 9.84. The molecule has 0 aliphatic rings. The van der Waals surface area contributed by atoms with E-state index in [1.54, 1.807) is 7.11 Å². The van der Waals surface area contributed by atoms with Crippen LogP contribution in [0, 0.1) is 6.92 Å². The molecule has 1 unspecified atom stereocenters. The Morgan fingerprint density at radius 2 is 1.95 bits per heavy atom. The van der Waals surface area contributed by atoms with E-state index >= 15 is 0 Å². The highest BCUT2D eigenvalue weighted by Gasteiger charge is 2.15. The predicted molar refractivity (Wildman–Crippen MR) is 82.3 cm³/mol. The average Bonchev–Trinajstić information content (AvgIpc) is 2.46. The number of nitrogens with two attached hydrogens (primary N) is 1. The Kier molecular flexibility index (Phi) is 4.60. The van der Waals surface area contributed by atoms with E-state index in [2.05, 4.69) is 0 Å². The number of carboxylic acid groups (broad SMARTS) is 1. The Morgan fingerprint density at radius 1 is 1.24 bits per heavy atom. The third kappa shape index (κ3) is 3.41. The van der Waals surface area contributed by atoms with Gasteiger partial charge in [0.1, 0.15) is 5.75 Å². The van der Waals surface area contributed by atoms with Crippen molar-refractivity contribution in [2.45, 2.75) is 19.4 Å². The van der Waals surface area contributed by atoms with Gasteiger partial charge in [-0.2, -0.15) is 0 Å². The van der Waals surface area contributed by atoms with Crippen molar-refractivity contribution in [3.8, 4) is 16.9 Å². The molecule has 0 fully saturated rings. The van der Waals surface area contributed by atoms with E-state index in [0.717, 1.165) is 28.0 Å². The van der Waals surface area contributed by atoms with Gasteiger partial charge >= 0.3 is 5.97 Å². The first-order chi connectivity index (χ1) is 10.0. The Hall–Kier alpha value is -2.33.